The largest absolute Gasteiger partial charge is 0.308 e. The summed E-state index contributed by atoms with van der Waals surface area (Å²) in [6.07, 6.45) is 0. The van der Waals surface area contributed by atoms with Gasteiger partial charge in [-0.15, -0.1) is 22.7 Å². The van der Waals surface area contributed by atoms with Crippen molar-refractivity contribution in [1.29, 1.82) is 0 Å². The van der Waals surface area contributed by atoms with Crippen LogP contribution in [0.1, 0.15) is 0 Å². The maximum absolute atomic E-state index is 8.21. The number of hydrogen-bond acceptors (Lipinski definition) is 2. The van der Waals surface area contributed by atoms with Crippen LogP contribution in [0.5, 0.6) is 0 Å². The van der Waals surface area contributed by atoms with Crippen molar-refractivity contribution in [1.82, 2.24) is 4.57 Å². The van der Waals surface area contributed by atoms with Crippen molar-refractivity contribution < 1.29 is 0 Å². The molecule has 0 amide bonds. The molecular formula is C49H28N2S2. The van der Waals surface area contributed by atoms with E-state index in [4.69, 9.17) is 6.57 Å². The maximum Gasteiger partial charge on any atom is 0.204 e. The Kier molecular flexibility index (Phi) is 6.69. The number of benzene rings is 8. The van der Waals surface area contributed by atoms with E-state index in [-0.39, 0.29) is 0 Å². The molecule has 11 aromatic rings. The molecule has 246 valence electrons. The smallest absolute Gasteiger partial charge is 0.204 e. The van der Waals surface area contributed by atoms with Gasteiger partial charge in [0.2, 0.25) is 5.69 Å². The van der Waals surface area contributed by atoms with Gasteiger partial charge in [-0.05, 0) is 81.2 Å². The van der Waals surface area contributed by atoms with Crippen molar-refractivity contribution in [2.24, 2.45) is 0 Å². The van der Waals surface area contributed by atoms with Gasteiger partial charge in [0, 0.05) is 41.0 Å². The fourth-order valence-electron chi connectivity index (χ4n) is 8.26. The first-order valence-corrected chi connectivity index (χ1v) is 19.3. The third kappa shape index (κ3) is 4.55. The molecule has 0 saturated heterocycles. The molecule has 0 unspecified atom stereocenters. The summed E-state index contributed by atoms with van der Waals surface area (Å²) in [6.45, 7) is 8.21. The molecule has 0 atom stereocenters. The standard InChI is InChI=1S/C49H28N2S2/c1-50-40-25-24-35(34-17-11-21-45-46(34)36-16-8-9-20-44(36)52-45)47-37-18-10-19-43(48(37)53-49(40)47)51-41-26-22-32(30-12-4-2-5-13-30)28-38(41)39-29-33(23-27-42(39)51)31-14-6-3-7-15-31/h2-29H. The molecule has 11 rings (SSSR count). The molecule has 3 aromatic heterocycles. The first-order chi connectivity index (χ1) is 26.2. The minimum atomic E-state index is 0.695. The van der Waals surface area contributed by atoms with E-state index in [0.29, 0.717) is 5.69 Å². The third-order valence-electron chi connectivity index (χ3n) is 10.6. The van der Waals surface area contributed by atoms with E-state index in [9.17, 15) is 0 Å². The highest BCUT2D eigenvalue weighted by Gasteiger charge is 2.22. The van der Waals surface area contributed by atoms with Crippen LogP contribution in [0.25, 0.3) is 106 Å². The Morgan fingerprint density at radius 1 is 0.415 bits per heavy atom. The maximum atomic E-state index is 8.21. The first-order valence-electron chi connectivity index (χ1n) is 17.7. The van der Waals surface area contributed by atoms with Gasteiger partial charge in [0.25, 0.3) is 0 Å². The van der Waals surface area contributed by atoms with E-state index in [2.05, 4.69) is 173 Å². The molecule has 0 N–H and O–H groups in total. The molecule has 3 heterocycles. The van der Waals surface area contributed by atoms with Crippen molar-refractivity contribution in [2.45, 2.75) is 0 Å². The normalized spacial score (nSPS) is 11.8. The molecule has 0 fully saturated rings. The minimum absolute atomic E-state index is 0.695. The third-order valence-corrected chi connectivity index (χ3v) is 13.0. The van der Waals surface area contributed by atoms with Gasteiger partial charge in [0.15, 0.2) is 0 Å². The molecule has 8 aromatic carbocycles. The minimum Gasteiger partial charge on any atom is -0.308 e. The van der Waals surface area contributed by atoms with Crippen molar-refractivity contribution in [3.63, 3.8) is 0 Å². The second-order valence-corrected chi connectivity index (χ2v) is 15.6. The Morgan fingerprint density at radius 2 is 1.02 bits per heavy atom. The van der Waals surface area contributed by atoms with Crippen LogP contribution in [-0.2, 0) is 0 Å². The van der Waals surface area contributed by atoms with Gasteiger partial charge in [0.05, 0.1) is 28.0 Å². The number of hydrogen-bond donors (Lipinski definition) is 0. The molecule has 0 saturated carbocycles. The monoisotopic (exact) mass is 708 g/mol. The summed E-state index contributed by atoms with van der Waals surface area (Å²) in [5.74, 6) is 0. The highest BCUT2D eigenvalue weighted by molar-refractivity contribution is 7.27. The van der Waals surface area contributed by atoms with Crippen LogP contribution < -0.4 is 0 Å². The Labute approximate surface area is 313 Å². The van der Waals surface area contributed by atoms with Gasteiger partial charge < -0.3 is 4.57 Å². The zero-order valence-electron chi connectivity index (χ0n) is 28.4. The SMILES string of the molecule is [C-]#[N+]c1ccc(-c2cccc3sc4ccccc4c23)c2c1sc1c(-n3c4ccc(-c5ccccc5)cc4c4cc(-c5ccccc5)ccc43)cccc12. The zero-order valence-corrected chi connectivity index (χ0v) is 30.0. The molecular weight excluding hydrogens is 681 g/mol. The number of aromatic nitrogens is 1. The summed E-state index contributed by atoms with van der Waals surface area (Å²) >= 11 is 3.58. The van der Waals surface area contributed by atoms with Crippen molar-refractivity contribution in [3.8, 4) is 39.1 Å². The van der Waals surface area contributed by atoms with Crippen LogP contribution >= 0.6 is 22.7 Å². The van der Waals surface area contributed by atoms with Gasteiger partial charge in [-0.2, -0.15) is 0 Å². The average Bonchev–Trinajstić information content (AvgIpc) is 3.91. The summed E-state index contributed by atoms with van der Waals surface area (Å²) in [4.78, 5) is 4.06. The predicted molar refractivity (Wildman–Crippen MR) is 229 cm³/mol. The molecule has 0 aliphatic carbocycles. The lowest BCUT2D eigenvalue weighted by molar-refractivity contribution is 1.20. The number of thiophene rings is 2. The lowest BCUT2D eigenvalue weighted by atomic mass is 9.95. The van der Waals surface area contributed by atoms with E-state index in [1.807, 2.05) is 17.4 Å². The van der Waals surface area contributed by atoms with Crippen LogP contribution in [0.4, 0.5) is 5.69 Å². The number of fused-ring (bicyclic) bond motifs is 9. The van der Waals surface area contributed by atoms with Gasteiger partial charge >= 0.3 is 0 Å². The van der Waals surface area contributed by atoms with Crippen molar-refractivity contribution in [3.05, 3.63) is 181 Å². The molecule has 0 spiro atoms. The molecule has 0 aliphatic heterocycles. The lowest BCUT2D eigenvalue weighted by Gasteiger charge is -2.11. The topological polar surface area (TPSA) is 9.29 Å². The Balaban J connectivity index is 1.22. The lowest BCUT2D eigenvalue weighted by Crippen LogP contribution is -1.94. The quantitative estimate of drug-likeness (QED) is 0.161. The summed E-state index contributed by atoms with van der Waals surface area (Å²) in [6, 6.07) is 61.3. The molecule has 4 heteroatoms. The zero-order chi connectivity index (χ0) is 35.0. The Morgan fingerprint density at radius 3 is 1.72 bits per heavy atom. The second kappa shape index (κ2) is 11.8. The van der Waals surface area contributed by atoms with Crippen LogP contribution in [0, 0.1) is 6.57 Å². The molecule has 2 nitrogen and oxygen atoms in total. The van der Waals surface area contributed by atoms with Crippen LogP contribution in [0.2, 0.25) is 0 Å². The predicted octanol–water partition coefficient (Wildman–Crippen LogP) is 15.1. The van der Waals surface area contributed by atoms with E-state index in [1.165, 1.54) is 74.4 Å². The van der Waals surface area contributed by atoms with E-state index >= 15 is 0 Å². The summed E-state index contributed by atoms with van der Waals surface area (Å²) in [5.41, 5.74) is 11.3. The molecule has 0 aliphatic rings. The van der Waals surface area contributed by atoms with Crippen LogP contribution in [0.15, 0.2) is 170 Å². The average molecular weight is 709 g/mol. The van der Waals surface area contributed by atoms with Crippen molar-refractivity contribution >= 4 is 90.5 Å². The number of rotatable bonds is 4. The van der Waals surface area contributed by atoms with E-state index in [1.54, 1.807) is 11.3 Å². The van der Waals surface area contributed by atoms with Gasteiger partial charge in [-0.1, -0.05) is 127 Å². The van der Waals surface area contributed by atoms with Gasteiger partial charge in [-0.3, -0.25) is 0 Å². The van der Waals surface area contributed by atoms with Gasteiger partial charge in [-0.25, -0.2) is 4.85 Å². The second-order valence-electron chi connectivity index (χ2n) is 13.5. The molecule has 0 bridgehead atoms. The molecule has 53 heavy (non-hydrogen) atoms. The molecule has 0 radical (unpaired) electrons. The first kappa shape index (κ1) is 30.1. The fraction of sp³-hybridized carbons (Fsp3) is 0. The number of nitrogens with zero attached hydrogens (tertiary/aromatic N) is 2. The van der Waals surface area contributed by atoms with Crippen LogP contribution in [0.3, 0.4) is 0 Å². The Bertz CT molecular complexity index is 3190. The summed E-state index contributed by atoms with van der Waals surface area (Å²) in [5, 5.41) is 7.33. The van der Waals surface area contributed by atoms with Crippen LogP contribution in [-0.4, -0.2) is 4.57 Å². The highest BCUT2D eigenvalue weighted by atomic mass is 32.1. The summed E-state index contributed by atoms with van der Waals surface area (Å²) < 4.78 is 7.23. The highest BCUT2D eigenvalue weighted by Crippen LogP contribution is 2.50. The summed E-state index contributed by atoms with van der Waals surface area (Å²) in [7, 11) is 0. The van der Waals surface area contributed by atoms with E-state index < -0.39 is 0 Å². The fourth-order valence-corrected chi connectivity index (χ4v) is 10.7. The van der Waals surface area contributed by atoms with Crippen molar-refractivity contribution in [2.75, 3.05) is 0 Å². The Hall–Kier alpha value is -6.51. The van der Waals surface area contributed by atoms with E-state index in [0.717, 1.165) is 26.8 Å². The van der Waals surface area contributed by atoms with Gasteiger partial charge in [0.1, 0.15) is 0 Å².